The summed E-state index contributed by atoms with van der Waals surface area (Å²) in [6, 6.07) is 7.72. The summed E-state index contributed by atoms with van der Waals surface area (Å²) in [6.07, 6.45) is 1.65. The van der Waals surface area contributed by atoms with E-state index in [-0.39, 0.29) is 6.61 Å². The number of rotatable bonds is 2. The number of hydrogen-bond donors (Lipinski definition) is 1. The molecule has 0 atom stereocenters. The van der Waals surface area contributed by atoms with Crippen LogP contribution in [0.2, 0.25) is 0 Å². The summed E-state index contributed by atoms with van der Waals surface area (Å²) in [6.45, 7) is 3.60. The van der Waals surface area contributed by atoms with Gasteiger partial charge in [-0.2, -0.15) is 0 Å². The van der Waals surface area contributed by atoms with Gasteiger partial charge in [0.2, 0.25) is 0 Å². The Morgan fingerprint density at radius 2 is 2.23 bits per heavy atom. The van der Waals surface area contributed by atoms with Crippen LogP contribution in [-0.4, -0.2) is 14.7 Å². The second kappa shape index (κ2) is 3.03. The second-order valence-electron chi connectivity index (χ2n) is 2.73. The van der Waals surface area contributed by atoms with Gasteiger partial charge < -0.3 is 9.67 Å². The minimum absolute atomic E-state index is 0.0688. The summed E-state index contributed by atoms with van der Waals surface area (Å²) in [5.74, 6) is 0.621. The number of benzene rings is 1. The first kappa shape index (κ1) is 8.01. The monoisotopic (exact) mass is 174 g/mol. The lowest BCUT2D eigenvalue weighted by Gasteiger charge is -1.97. The van der Waals surface area contributed by atoms with E-state index in [4.69, 9.17) is 5.11 Å². The standard InChI is InChI=1S/C10H10N2O/c1-2-12-9-6-4-3-5-8(9)11-10(12)7-13/h2-6,13H,1,7H2. The first-order valence-electron chi connectivity index (χ1n) is 4.06. The van der Waals surface area contributed by atoms with Crippen LogP contribution in [-0.2, 0) is 6.61 Å². The number of imidazole rings is 1. The van der Waals surface area contributed by atoms with Crippen molar-refractivity contribution < 1.29 is 5.11 Å². The molecule has 0 saturated carbocycles. The molecule has 1 N–H and O–H groups in total. The molecule has 0 aliphatic carbocycles. The van der Waals surface area contributed by atoms with E-state index < -0.39 is 0 Å². The molecular weight excluding hydrogens is 164 g/mol. The molecule has 1 aromatic carbocycles. The van der Waals surface area contributed by atoms with Crippen LogP contribution in [0.5, 0.6) is 0 Å². The van der Waals surface area contributed by atoms with E-state index >= 15 is 0 Å². The van der Waals surface area contributed by atoms with Crippen LogP contribution in [0.15, 0.2) is 30.8 Å². The summed E-state index contributed by atoms with van der Waals surface area (Å²) in [7, 11) is 0. The largest absolute Gasteiger partial charge is 0.388 e. The summed E-state index contributed by atoms with van der Waals surface area (Å²) < 4.78 is 1.79. The van der Waals surface area contributed by atoms with E-state index in [1.54, 1.807) is 10.8 Å². The Morgan fingerprint density at radius 3 is 2.92 bits per heavy atom. The minimum atomic E-state index is -0.0688. The van der Waals surface area contributed by atoms with E-state index in [0.29, 0.717) is 5.82 Å². The fraction of sp³-hybridized carbons (Fsp3) is 0.100. The maximum atomic E-state index is 9.02. The molecule has 13 heavy (non-hydrogen) atoms. The lowest BCUT2D eigenvalue weighted by molar-refractivity contribution is 0.270. The third-order valence-corrected chi connectivity index (χ3v) is 1.99. The number of aliphatic hydroxyl groups excluding tert-OH is 1. The number of aliphatic hydroxyl groups is 1. The number of para-hydroxylation sites is 2. The molecule has 3 nitrogen and oxygen atoms in total. The van der Waals surface area contributed by atoms with Crippen molar-refractivity contribution in [3.63, 3.8) is 0 Å². The number of aromatic nitrogens is 2. The summed E-state index contributed by atoms with van der Waals surface area (Å²) in [5.41, 5.74) is 1.85. The van der Waals surface area contributed by atoms with Crippen LogP contribution >= 0.6 is 0 Å². The number of fused-ring (bicyclic) bond motifs is 1. The average molecular weight is 174 g/mol. The lowest BCUT2D eigenvalue weighted by atomic mass is 10.3. The van der Waals surface area contributed by atoms with Crippen molar-refractivity contribution in [3.8, 4) is 0 Å². The third kappa shape index (κ3) is 1.13. The predicted molar refractivity (Wildman–Crippen MR) is 52.0 cm³/mol. The highest BCUT2D eigenvalue weighted by Gasteiger charge is 2.05. The van der Waals surface area contributed by atoms with Gasteiger partial charge >= 0.3 is 0 Å². The zero-order valence-corrected chi connectivity index (χ0v) is 7.14. The van der Waals surface area contributed by atoms with E-state index in [0.717, 1.165) is 11.0 Å². The van der Waals surface area contributed by atoms with Crippen molar-refractivity contribution in [2.45, 2.75) is 6.61 Å². The Hall–Kier alpha value is -1.61. The molecule has 2 aromatic rings. The Bertz CT molecular complexity index is 445. The maximum Gasteiger partial charge on any atom is 0.139 e. The summed E-state index contributed by atoms with van der Waals surface area (Å²) >= 11 is 0. The summed E-state index contributed by atoms with van der Waals surface area (Å²) in [5, 5.41) is 9.02. The quantitative estimate of drug-likeness (QED) is 0.751. The van der Waals surface area contributed by atoms with Crippen molar-refractivity contribution >= 4 is 17.2 Å². The van der Waals surface area contributed by atoms with Gasteiger partial charge in [0, 0.05) is 6.20 Å². The smallest absolute Gasteiger partial charge is 0.139 e. The Kier molecular flexibility index (Phi) is 1.87. The fourth-order valence-corrected chi connectivity index (χ4v) is 1.41. The van der Waals surface area contributed by atoms with E-state index in [2.05, 4.69) is 11.6 Å². The van der Waals surface area contributed by atoms with Crippen molar-refractivity contribution in [3.05, 3.63) is 36.7 Å². The summed E-state index contributed by atoms with van der Waals surface area (Å²) in [4.78, 5) is 4.24. The highest BCUT2D eigenvalue weighted by molar-refractivity contribution is 5.78. The molecule has 0 aliphatic rings. The van der Waals surface area contributed by atoms with Crippen molar-refractivity contribution in [2.24, 2.45) is 0 Å². The second-order valence-corrected chi connectivity index (χ2v) is 2.73. The molecule has 3 heteroatoms. The molecule has 0 radical (unpaired) electrons. The SMILES string of the molecule is C=Cn1c(CO)nc2ccccc21. The van der Waals surface area contributed by atoms with E-state index in [1.807, 2.05) is 24.3 Å². The minimum Gasteiger partial charge on any atom is -0.388 e. The molecule has 0 amide bonds. The highest BCUT2D eigenvalue weighted by Crippen LogP contribution is 2.15. The normalized spacial score (nSPS) is 10.5. The lowest BCUT2D eigenvalue weighted by Crippen LogP contribution is -1.94. The van der Waals surface area contributed by atoms with E-state index in [1.165, 1.54) is 0 Å². The van der Waals surface area contributed by atoms with Crippen LogP contribution in [0.25, 0.3) is 17.2 Å². The first-order valence-corrected chi connectivity index (χ1v) is 4.06. The molecule has 2 rings (SSSR count). The topological polar surface area (TPSA) is 38.0 Å². The zero-order valence-electron chi connectivity index (χ0n) is 7.14. The van der Waals surface area contributed by atoms with Crippen molar-refractivity contribution in [2.75, 3.05) is 0 Å². The third-order valence-electron chi connectivity index (χ3n) is 1.99. The van der Waals surface area contributed by atoms with Crippen LogP contribution < -0.4 is 0 Å². The molecule has 66 valence electrons. The molecule has 0 fully saturated rings. The Balaban J connectivity index is 2.81. The predicted octanol–water partition coefficient (Wildman–Crippen LogP) is 1.63. The molecule has 0 spiro atoms. The van der Waals surface area contributed by atoms with Gasteiger partial charge in [0.1, 0.15) is 12.4 Å². The van der Waals surface area contributed by atoms with Gasteiger partial charge in [0.15, 0.2) is 0 Å². The maximum absolute atomic E-state index is 9.02. The molecule has 0 aliphatic heterocycles. The number of hydrogen-bond acceptors (Lipinski definition) is 2. The van der Waals surface area contributed by atoms with Crippen LogP contribution in [0, 0.1) is 0 Å². The van der Waals surface area contributed by atoms with Crippen molar-refractivity contribution in [1.29, 1.82) is 0 Å². The zero-order chi connectivity index (χ0) is 9.26. The van der Waals surface area contributed by atoms with Crippen LogP contribution in [0.3, 0.4) is 0 Å². The van der Waals surface area contributed by atoms with Crippen LogP contribution in [0.4, 0.5) is 0 Å². The molecule has 1 aromatic heterocycles. The Morgan fingerprint density at radius 1 is 1.46 bits per heavy atom. The molecular formula is C10H10N2O. The van der Waals surface area contributed by atoms with Gasteiger partial charge in [-0.15, -0.1) is 0 Å². The molecule has 1 heterocycles. The Labute approximate surface area is 76.0 Å². The fourth-order valence-electron chi connectivity index (χ4n) is 1.41. The van der Waals surface area contributed by atoms with Gasteiger partial charge in [-0.1, -0.05) is 18.7 Å². The number of nitrogens with zero attached hydrogens (tertiary/aromatic N) is 2. The van der Waals surface area contributed by atoms with Gasteiger partial charge in [-0.25, -0.2) is 4.98 Å². The molecule has 0 bridgehead atoms. The van der Waals surface area contributed by atoms with E-state index in [9.17, 15) is 0 Å². The van der Waals surface area contributed by atoms with Gasteiger partial charge in [-0.05, 0) is 12.1 Å². The van der Waals surface area contributed by atoms with Gasteiger partial charge in [0.25, 0.3) is 0 Å². The molecule has 0 unspecified atom stereocenters. The van der Waals surface area contributed by atoms with Crippen molar-refractivity contribution in [1.82, 2.24) is 9.55 Å². The first-order chi connectivity index (χ1) is 6.36. The van der Waals surface area contributed by atoms with Gasteiger partial charge in [-0.3, -0.25) is 0 Å². The highest BCUT2D eigenvalue weighted by atomic mass is 16.3. The van der Waals surface area contributed by atoms with Crippen LogP contribution in [0.1, 0.15) is 5.82 Å². The average Bonchev–Trinajstić information content (AvgIpc) is 2.55. The molecule has 0 saturated heterocycles. The van der Waals surface area contributed by atoms with Gasteiger partial charge in [0.05, 0.1) is 11.0 Å².